The topological polar surface area (TPSA) is 63.3 Å². The SMILES string of the molecule is O=C(O)c1ncoc1C1CCCCC1. The first-order valence-electron chi connectivity index (χ1n) is 4.95. The molecular formula is C10H13NO3. The molecule has 0 saturated heterocycles. The molecule has 0 aromatic carbocycles. The standard InChI is InChI=1S/C10H13NO3/c12-10(13)8-9(14-6-11-8)7-4-2-1-3-5-7/h6-7H,1-5H2,(H,12,13). The van der Waals surface area contributed by atoms with Crippen molar-refractivity contribution in [3.63, 3.8) is 0 Å². The van der Waals surface area contributed by atoms with Crippen LogP contribution in [0.1, 0.15) is 54.3 Å². The third-order valence-electron chi connectivity index (χ3n) is 2.77. The minimum absolute atomic E-state index is 0.0944. The molecule has 2 rings (SSSR count). The Hall–Kier alpha value is -1.32. The second-order valence-electron chi connectivity index (χ2n) is 3.71. The Balaban J connectivity index is 2.21. The Morgan fingerprint density at radius 1 is 1.43 bits per heavy atom. The number of carboxylic acids is 1. The van der Waals surface area contributed by atoms with Gasteiger partial charge in [0.25, 0.3) is 0 Å². The normalized spacial score (nSPS) is 18.3. The number of rotatable bonds is 2. The third kappa shape index (κ3) is 1.64. The third-order valence-corrected chi connectivity index (χ3v) is 2.77. The van der Waals surface area contributed by atoms with Crippen LogP contribution in [0.15, 0.2) is 10.8 Å². The van der Waals surface area contributed by atoms with Gasteiger partial charge in [0.2, 0.25) is 0 Å². The lowest BCUT2D eigenvalue weighted by molar-refractivity contribution is 0.0687. The molecule has 4 nitrogen and oxygen atoms in total. The van der Waals surface area contributed by atoms with Crippen molar-refractivity contribution in [1.29, 1.82) is 0 Å². The van der Waals surface area contributed by atoms with E-state index in [2.05, 4.69) is 4.98 Å². The zero-order chi connectivity index (χ0) is 9.97. The summed E-state index contributed by atoms with van der Waals surface area (Å²) in [7, 11) is 0. The van der Waals surface area contributed by atoms with E-state index in [4.69, 9.17) is 9.52 Å². The van der Waals surface area contributed by atoms with Crippen LogP contribution in [0, 0.1) is 0 Å². The van der Waals surface area contributed by atoms with Crippen molar-refractivity contribution in [3.05, 3.63) is 17.8 Å². The van der Waals surface area contributed by atoms with Crippen LogP contribution >= 0.6 is 0 Å². The van der Waals surface area contributed by atoms with Crippen LogP contribution in [0.5, 0.6) is 0 Å². The first-order valence-corrected chi connectivity index (χ1v) is 4.95. The van der Waals surface area contributed by atoms with Gasteiger partial charge >= 0.3 is 5.97 Å². The summed E-state index contributed by atoms with van der Waals surface area (Å²) in [6, 6.07) is 0. The van der Waals surface area contributed by atoms with Crippen LogP contribution in [0.2, 0.25) is 0 Å². The van der Waals surface area contributed by atoms with Crippen LogP contribution < -0.4 is 0 Å². The van der Waals surface area contributed by atoms with Crippen LogP contribution in [-0.2, 0) is 0 Å². The molecule has 0 amide bonds. The first-order chi connectivity index (χ1) is 6.79. The molecule has 0 bridgehead atoms. The number of aromatic carboxylic acids is 1. The smallest absolute Gasteiger partial charge is 0.358 e. The Kier molecular flexibility index (Phi) is 2.52. The summed E-state index contributed by atoms with van der Waals surface area (Å²) in [4.78, 5) is 14.5. The number of carbonyl (C=O) groups is 1. The number of hydrogen-bond donors (Lipinski definition) is 1. The van der Waals surface area contributed by atoms with Gasteiger partial charge in [0.1, 0.15) is 5.76 Å². The quantitative estimate of drug-likeness (QED) is 0.787. The van der Waals surface area contributed by atoms with Crippen molar-refractivity contribution in [2.75, 3.05) is 0 Å². The van der Waals surface area contributed by atoms with Gasteiger partial charge in [0.15, 0.2) is 12.1 Å². The van der Waals surface area contributed by atoms with Gasteiger partial charge in [-0.3, -0.25) is 0 Å². The fourth-order valence-electron chi connectivity index (χ4n) is 2.07. The highest BCUT2D eigenvalue weighted by Gasteiger charge is 2.25. The summed E-state index contributed by atoms with van der Waals surface area (Å²) in [5.74, 6) is -0.158. The van der Waals surface area contributed by atoms with Crippen LogP contribution in [0.25, 0.3) is 0 Å². The van der Waals surface area contributed by atoms with Crippen molar-refractivity contribution < 1.29 is 14.3 Å². The highest BCUT2D eigenvalue weighted by atomic mass is 16.4. The molecular weight excluding hydrogens is 182 g/mol. The molecule has 0 spiro atoms. The maximum atomic E-state index is 10.8. The summed E-state index contributed by atoms with van der Waals surface area (Å²) in [6.45, 7) is 0. The van der Waals surface area contributed by atoms with Crippen molar-refractivity contribution in [2.24, 2.45) is 0 Å². The molecule has 1 aliphatic carbocycles. The zero-order valence-corrected chi connectivity index (χ0v) is 7.90. The summed E-state index contributed by atoms with van der Waals surface area (Å²) >= 11 is 0. The van der Waals surface area contributed by atoms with Crippen LogP contribution in [-0.4, -0.2) is 16.1 Å². The maximum Gasteiger partial charge on any atom is 0.358 e. The Morgan fingerprint density at radius 2 is 2.14 bits per heavy atom. The van der Waals surface area contributed by atoms with Crippen molar-refractivity contribution in [2.45, 2.75) is 38.0 Å². The van der Waals surface area contributed by atoms with E-state index in [1.807, 2.05) is 0 Å². The van der Waals surface area contributed by atoms with Gasteiger partial charge in [-0.25, -0.2) is 9.78 Å². The molecule has 0 atom stereocenters. The predicted octanol–water partition coefficient (Wildman–Crippen LogP) is 2.42. The van der Waals surface area contributed by atoms with E-state index in [0.29, 0.717) is 5.76 Å². The van der Waals surface area contributed by atoms with Gasteiger partial charge in [0.05, 0.1) is 0 Å². The maximum absolute atomic E-state index is 10.8. The molecule has 0 radical (unpaired) electrons. The monoisotopic (exact) mass is 195 g/mol. The second-order valence-corrected chi connectivity index (χ2v) is 3.71. The molecule has 1 saturated carbocycles. The highest BCUT2D eigenvalue weighted by molar-refractivity contribution is 5.86. The fourth-order valence-corrected chi connectivity index (χ4v) is 2.07. The summed E-state index contributed by atoms with van der Waals surface area (Å²) in [5.41, 5.74) is 0.0944. The molecule has 1 aromatic heterocycles. The van der Waals surface area contributed by atoms with Gasteiger partial charge in [-0.1, -0.05) is 19.3 Å². The van der Waals surface area contributed by atoms with E-state index < -0.39 is 5.97 Å². The fraction of sp³-hybridized carbons (Fsp3) is 0.600. The minimum atomic E-state index is -0.987. The van der Waals surface area contributed by atoms with E-state index in [0.717, 1.165) is 25.7 Å². The van der Waals surface area contributed by atoms with Crippen molar-refractivity contribution >= 4 is 5.97 Å². The lowest BCUT2D eigenvalue weighted by Gasteiger charge is -2.19. The predicted molar refractivity (Wildman–Crippen MR) is 49.3 cm³/mol. The van der Waals surface area contributed by atoms with Crippen molar-refractivity contribution in [1.82, 2.24) is 4.98 Å². The first kappa shape index (κ1) is 9.24. The average Bonchev–Trinajstić information content (AvgIpc) is 2.67. The van der Waals surface area contributed by atoms with Gasteiger partial charge in [-0.2, -0.15) is 0 Å². The Labute approximate surface area is 81.9 Å². The Morgan fingerprint density at radius 3 is 2.79 bits per heavy atom. The Bertz CT molecular complexity index is 326. The summed E-state index contributed by atoms with van der Waals surface area (Å²) < 4.78 is 5.17. The molecule has 14 heavy (non-hydrogen) atoms. The van der Waals surface area contributed by atoms with Crippen LogP contribution in [0.3, 0.4) is 0 Å². The molecule has 0 unspecified atom stereocenters. The van der Waals surface area contributed by atoms with Gasteiger partial charge in [0, 0.05) is 5.92 Å². The van der Waals surface area contributed by atoms with Crippen molar-refractivity contribution in [3.8, 4) is 0 Å². The van der Waals surface area contributed by atoms with Gasteiger partial charge in [-0.15, -0.1) is 0 Å². The molecule has 0 aliphatic heterocycles. The van der Waals surface area contributed by atoms with Gasteiger partial charge < -0.3 is 9.52 Å². The molecule has 1 heterocycles. The minimum Gasteiger partial charge on any atom is -0.476 e. The molecule has 76 valence electrons. The largest absolute Gasteiger partial charge is 0.476 e. The van der Waals surface area contributed by atoms with E-state index in [9.17, 15) is 4.79 Å². The van der Waals surface area contributed by atoms with E-state index >= 15 is 0 Å². The lowest BCUT2D eigenvalue weighted by atomic mass is 9.87. The molecule has 1 aliphatic rings. The van der Waals surface area contributed by atoms with E-state index in [-0.39, 0.29) is 11.6 Å². The number of aromatic nitrogens is 1. The van der Waals surface area contributed by atoms with Crippen LogP contribution in [0.4, 0.5) is 0 Å². The summed E-state index contributed by atoms with van der Waals surface area (Å²) in [5, 5.41) is 8.86. The number of oxazole rings is 1. The second kappa shape index (κ2) is 3.82. The zero-order valence-electron chi connectivity index (χ0n) is 7.90. The van der Waals surface area contributed by atoms with E-state index in [1.54, 1.807) is 0 Å². The number of hydrogen-bond acceptors (Lipinski definition) is 3. The molecule has 1 N–H and O–H groups in total. The van der Waals surface area contributed by atoms with E-state index in [1.165, 1.54) is 12.8 Å². The highest BCUT2D eigenvalue weighted by Crippen LogP contribution is 2.33. The number of carboxylic acid groups (broad SMARTS) is 1. The molecule has 1 fully saturated rings. The van der Waals surface area contributed by atoms with Gasteiger partial charge in [-0.05, 0) is 12.8 Å². The lowest BCUT2D eigenvalue weighted by Crippen LogP contribution is -2.09. The summed E-state index contributed by atoms with van der Waals surface area (Å²) in [6.07, 6.45) is 6.83. The molecule has 4 heteroatoms. The number of nitrogens with zero attached hydrogens (tertiary/aromatic N) is 1. The average molecular weight is 195 g/mol. The molecule has 1 aromatic rings.